The molecule has 2 aromatic rings. The predicted molar refractivity (Wildman–Crippen MR) is 120 cm³/mol. The molecular formula is C25H28FN3O2. The summed E-state index contributed by atoms with van der Waals surface area (Å²) in [6.07, 6.45) is 5.07. The van der Waals surface area contributed by atoms with Crippen molar-refractivity contribution in [2.75, 3.05) is 44.2 Å². The molecule has 0 aromatic heterocycles. The summed E-state index contributed by atoms with van der Waals surface area (Å²) in [6.45, 7) is 3.77. The number of carbonyl (C=O) groups excluding carboxylic acids is 2. The molecule has 0 N–H and O–H groups in total. The van der Waals surface area contributed by atoms with E-state index in [-0.39, 0.29) is 23.5 Å². The standard InChI is InChI=1S/C25H28FN3O2/c26-22-9-4-10-23(18-22)27-14-16-28(17-15-27)25(31)21-8-5-13-29(19-21)24(30)12-11-20-6-2-1-3-7-20/h1-4,6-7,9-12,18,21H,5,8,13-17,19H2/b12-11+/t21-/m0/s1. The molecule has 5 nitrogen and oxygen atoms in total. The molecule has 6 heteroatoms. The Morgan fingerprint density at radius 3 is 2.42 bits per heavy atom. The Kier molecular flexibility index (Phi) is 6.65. The van der Waals surface area contributed by atoms with Gasteiger partial charge in [0.15, 0.2) is 0 Å². The zero-order valence-electron chi connectivity index (χ0n) is 17.6. The van der Waals surface area contributed by atoms with E-state index in [0.717, 1.165) is 24.1 Å². The zero-order valence-corrected chi connectivity index (χ0v) is 17.6. The number of anilines is 1. The second kappa shape index (κ2) is 9.77. The van der Waals surface area contributed by atoms with Gasteiger partial charge in [-0.15, -0.1) is 0 Å². The Morgan fingerprint density at radius 2 is 1.68 bits per heavy atom. The maximum atomic E-state index is 13.5. The molecule has 0 saturated carbocycles. The molecule has 2 aliphatic rings. The first-order valence-electron chi connectivity index (χ1n) is 10.9. The molecule has 2 saturated heterocycles. The molecule has 4 rings (SSSR count). The highest BCUT2D eigenvalue weighted by Crippen LogP contribution is 2.22. The van der Waals surface area contributed by atoms with Crippen LogP contribution in [0.5, 0.6) is 0 Å². The van der Waals surface area contributed by atoms with Crippen LogP contribution in [0, 0.1) is 11.7 Å². The van der Waals surface area contributed by atoms with E-state index in [4.69, 9.17) is 0 Å². The van der Waals surface area contributed by atoms with Gasteiger partial charge in [0.1, 0.15) is 5.82 Å². The van der Waals surface area contributed by atoms with Gasteiger partial charge < -0.3 is 14.7 Å². The number of piperidine rings is 1. The third-order valence-electron chi connectivity index (χ3n) is 6.06. The van der Waals surface area contributed by atoms with Crippen LogP contribution in [0.15, 0.2) is 60.7 Å². The highest BCUT2D eigenvalue weighted by Gasteiger charge is 2.32. The van der Waals surface area contributed by atoms with Gasteiger partial charge >= 0.3 is 0 Å². The Morgan fingerprint density at radius 1 is 0.903 bits per heavy atom. The van der Waals surface area contributed by atoms with Crippen molar-refractivity contribution in [3.05, 3.63) is 72.1 Å². The fourth-order valence-corrected chi connectivity index (χ4v) is 4.33. The quantitative estimate of drug-likeness (QED) is 0.711. The predicted octanol–water partition coefficient (Wildman–Crippen LogP) is 3.43. The lowest BCUT2D eigenvalue weighted by Crippen LogP contribution is -2.53. The first-order valence-corrected chi connectivity index (χ1v) is 10.9. The average Bonchev–Trinajstić information content (AvgIpc) is 2.83. The highest BCUT2D eigenvalue weighted by molar-refractivity contribution is 5.92. The molecule has 1 atom stereocenters. The van der Waals surface area contributed by atoms with E-state index in [2.05, 4.69) is 4.90 Å². The van der Waals surface area contributed by atoms with Gasteiger partial charge in [0.25, 0.3) is 0 Å². The third-order valence-corrected chi connectivity index (χ3v) is 6.06. The second-order valence-electron chi connectivity index (χ2n) is 8.16. The first-order chi connectivity index (χ1) is 15.1. The van der Waals surface area contributed by atoms with E-state index >= 15 is 0 Å². The molecule has 2 heterocycles. The smallest absolute Gasteiger partial charge is 0.246 e. The number of hydrogen-bond donors (Lipinski definition) is 0. The molecule has 2 fully saturated rings. The number of halogens is 1. The largest absolute Gasteiger partial charge is 0.368 e. The molecule has 2 aliphatic heterocycles. The summed E-state index contributed by atoms with van der Waals surface area (Å²) in [5, 5.41) is 0. The molecule has 0 radical (unpaired) electrons. The van der Waals surface area contributed by atoms with Crippen molar-refractivity contribution in [1.82, 2.24) is 9.80 Å². The van der Waals surface area contributed by atoms with Crippen molar-refractivity contribution >= 4 is 23.6 Å². The number of amides is 2. The Bertz CT molecular complexity index is 939. The van der Waals surface area contributed by atoms with Gasteiger partial charge in [0, 0.05) is 51.0 Å². The molecule has 0 spiro atoms. The van der Waals surface area contributed by atoms with Crippen LogP contribution >= 0.6 is 0 Å². The monoisotopic (exact) mass is 421 g/mol. The first kappa shape index (κ1) is 21.1. The van der Waals surface area contributed by atoms with E-state index in [1.54, 1.807) is 17.0 Å². The van der Waals surface area contributed by atoms with Crippen molar-refractivity contribution < 1.29 is 14.0 Å². The lowest BCUT2D eigenvalue weighted by atomic mass is 9.96. The Balaban J connectivity index is 1.31. The minimum absolute atomic E-state index is 0.0442. The number of nitrogens with zero attached hydrogens (tertiary/aromatic N) is 3. The number of carbonyl (C=O) groups is 2. The maximum absolute atomic E-state index is 13.5. The van der Waals surface area contributed by atoms with Crippen LogP contribution in [-0.2, 0) is 9.59 Å². The summed E-state index contributed by atoms with van der Waals surface area (Å²) in [5.74, 6) is -0.312. The fraction of sp³-hybridized carbons (Fsp3) is 0.360. The van der Waals surface area contributed by atoms with Crippen LogP contribution in [0.3, 0.4) is 0 Å². The van der Waals surface area contributed by atoms with Crippen molar-refractivity contribution in [2.45, 2.75) is 12.8 Å². The van der Waals surface area contributed by atoms with Crippen LogP contribution in [-0.4, -0.2) is 60.9 Å². The minimum Gasteiger partial charge on any atom is -0.368 e. The fourth-order valence-electron chi connectivity index (χ4n) is 4.33. The number of rotatable bonds is 4. The van der Waals surface area contributed by atoms with Crippen molar-refractivity contribution in [3.8, 4) is 0 Å². The van der Waals surface area contributed by atoms with Gasteiger partial charge in [-0.05, 0) is 42.7 Å². The number of likely N-dealkylation sites (tertiary alicyclic amines) is 1. The van der Waals surface area contributed by atoms with Crippen LogP contribution < -0.4 is 4.90 Å². The van der Waals surface area contributed by atoms with Gasteiger partial charge in [0.2, 0.25) is 11.8 Å². The molecule has 31 heavy (non-hydrogen) atoms. The van der Waals surface area contributed by atoms with E-state index < -0.39 is 0 Å². The molecule has 0 aliphatic carbocycles. The highest BCUT2D eigenvalue weighted by atomic mass is 19.1. The van der Waals surface area contributed by atoms with Gasteiger partial charge in [-0.2, -0.15) is 0 Å². The normalized spacial score (nSPS) is 19.6. The average molecular weight is 422 g/mol. The zero-order chi connectivity index (χ0) is 21.6. The van der Waals surface area contributed by atoms with Crippen molar-refractivity contribution in [2.24, 2.45) is 5.92 Å². The molecule has 2 aromatic carbocycles. The van der Waals surface area contributed by atoms with E-state index in [1.807, 2.05) is 47.4 Å². The maximum Gasteiger partial charge on any atom is 0.246 e. The van der Waals surface area contributed by atoms with Gasteiger partial charge in [-0.1, -0.05) is 36.4 Å². The van der Waals surface area contributed by atoms with Crippen molar-refractivity contribution in [3.63, 3.8) is 0 Å². The molecule has 2 amide bonds. The summed E-state index contributed by atoms with van der Waals surface area (Å²) in [7, 11) is 0. The van der Waals surface area contributed by atoms with Crippen LogP contribution in [0.2, 0.25) is 0 Å². The molecule has 0 unspecified atom stereocenters. The number of piperazine rings is 1. The lowest BCUT2D eigenvalue weighted by Gasteiger charge is -2.39. The third kappa shape index (κ3) is 5.32. The lowest BCUT2D eigenvalue weighted by molar-refractivity contribution is -0.139. The molecule has 162 valence electrons. The number of hydrogen-bond acceptors (Lipinski definition) is 3. The van der Waals surface area contributed by atoms with Crippen LogP contribution in [0.1, 0.15) is 18.4 Å². The van der Waals surface area contributed by atoms with E-state index in [0.29, 0.717) is 39.3 Å². The second-order valence-corrected chi connectivity index (χ2v) is 8.16. The van der Waals surface area contributed by atoms with Gasteiger partial charge in [-0.3, -0.25) is 9.59 Å². The topological polar surface area (TPSA) is 43.9 Å². The van der Waals surface area contributed by atoms with Crippen molar-refractivity contribution in [1.29, 1.82) is 0 Å². The van der Waals surface area contributed by atoms with Gasteiger partial charge in [-0.25, -0.2) is 4.39 Å². The van der Waals surface area contributed by atoms with Gasteiger partial charge in [0.05, 0.1) is 5.92 Å². The summed E-state index contributed by atoms with van der Waals surface area (Å²) in [6, 6.07) is 16.3. The SMILES string of the molecule is O=C(/C=C/c1ccccc1)N1CCC[C@H](C(=O)N2CCN(c3cccc(F)c3)CC2)C1. The minimum atomic E-state index is -0.246. The van der Waals surface area contributed by atoms with E-state index in [1.165, 1.54) is 12.1 Å². The molecule has 0 bridgehead atoms. The van der Waals surface area contributed by atoms with Crippen LogP contribution in [0.4, 0.5) is 10.1 Å². The summed E-state index contributed by atoms with van der Waals surface area (Å²) in [4.78, 5) is 31.5. The Labute approximate surface area is 182 Å². The Hall–Kier alpha value is -3.15. The molecular weight excluding hydrogens is 393 g/mol. The summed E-state index contributed by atoms with van der Waals surface area (Å²) >= 11 is 0. The number of benzene rings is 2. The van der Waals surface area contributed by atoms with E-state index in [9.17, 15) is 14.0 Å². The summed E-state index contributed by atoms with van der Waals surface area (Å²) in [5.41, 5.74) is 1.84. The van der Waals surface area contributed by atoms with Crippen LogP contribution in [0.25, 0.3) is 6.08 Å². The summed E-state index contributed by atoms with van der Waals surface area (Å²) < 4.78 is 13.5.